The third kappa shape index (κ3) is 4.58. The fourth-order valence-electron chi connectivity index (χ4n) is 3.22. The van der Waals surface area contributed by atoms with E-state index < -0.39 is 4.92 Å². The molecule has 1 saturated carbocycles. The number of hydrogen-bond donors (Lipinski definition) is 1. The van der Waals surface area contributed by atoms with Crippen LogP contribution in [0.4, 0.5) is 21.8 Å². The first-order valence-electron chi connectivity index (χ1n) is 9.55. The zero-order valence-corrected chi connectivity index (χ0v) is 15.8. The Balaban J connectivity index is 1.38. The van der Waals surface area contributed by atoms with E-state index in [0.29, 0.717) is 32.1 Å². The van der Waals surface area contributed by atoms with Gasteiger partial charge in [0.25, 0.3) is 0 Å². The highest BCUT2D eigenvalue weighted by atomic mass is 19.1. The molecular formula is C19H21FN6O3. The van der Waals surface area contributed by atoms with Crippen molar-refractivity contribution in [3.8, 4) is 0 Å². The van der Waals surface area contributed by atoms with E-state index in [4.69, 9.17) is 0 Å². The average molecular weight is 400 g/mol. The smallest absolute Gasteiger partial charge is 0.329 e. The van der Waals surface area contributed by atoms with E-state index in [1.165, 1.54) is 18.3 Å². The van der Waals surface area contributed by atoms with Crippen molar-refractivity contribution in [1.29, 1.82) is 0 Å². The number of piperazine rings is 1. The molecule has 1 amide bonds. The number of amides is 1. The van der Waals surface area contributed by atoms with Crippen molar-refractivity contribution in [2.45, 2.75) is 25.3 Å². The maximum Gasteiger partial charge on any atom is 0.329 e. The van der Waals surface area contributed by atoms with Gasteiger partial charge in [0.2, 0.25) is 17.7 Å². The first-order valence-corrected chi connectivity index (χ1v) is 9.55. The molecule has 0 bridgehead atoms. The number of aromatic nitrogens is 2. The van der Waals surface area contributed by atoms with Crippen LogP contribution in [0.15, 0.2) is 30.5 Å². The normalized spacial score (nSPS) is 16.6. The lowest BCUT2D eigenvalue weighted by Gasteiger charge is -2.34. The molecule has 1 aliphatic carbocycles. The van der Waals surface area contributed by atoms with Crippen LogP contribution in [0, 0.1) is 15.9 Å². The van der Waals surface area contributed by atoms with E-state index in [1.807, 2.05) is 4.90 Å². The summed E-state index contributed by atoms with van der Waals surface area (Å²) in [5.41, 5.74) is 0.641. The molecule has 4 rings (SSSR count). The number of carbonyl (C=O) groups is 1. The summed E-state index contributed by atoms with van der Waals surface area (Å²) in [6, 6.07) is 6.15. The van der Waals surface area contributed by atoms with Crippen molar-refractivity contribution >= 4 is 23.4 Å². The predicted octanol–water partition coefficient (Wildman–Crippen LogP) is 1.99. The third-order valence-corrected chi connectivity index (χ3v) is 5.06. The Hall–Kier alpha value is -3.30. The highest BCUT2D eigenvalue weighted by molar-refractivity contribution is 5.79. The molecule has 29 heavy (non-hydrogen) atoms. The number of nitro groups is 1. The van der Waals surface area contributed by atoms with Gasteiger partial charge in [-0.05, 0) is 30.5 Å². The second-order valence-corrected chi connectivity index (χ2v) is 7.25. The number of rotatable bonds is 6. The van der Waals surface area contributed by atoms with E-state index >= 15 is 0 Å². The number of nitrogens with zero attached hydrogens (tertiary/aromatic N) is 5. The minimum absolute atomic E-state index is 0.0167. The Labute approximate surface area is 166 Å². The molecule has 2 aliphatic rings. The molecule has 1 aromatic carbocycles. The zero-order chi connectivity index (χ0) is 20.4. The summed E-state index contributed by atoms with van der Waals surface area (Å²) in [4.78, 5) is 35.4. The van der Waals surface area contributed by atoms with Crippen molar-refractivity contribution in [2.24, 2.45) is 0 Å². The monoisotopic (exact) mass is 400 g/mol. The van der Waals surface area contributed by atoms with Gasteiger partial charge in [-0.1, -0.05) is 12.1 Å². The minimum atomic E-state index is -0.486. The van der Waals surface area contributed by atoms with Crippen LogP contribution in [0.25, 0.3) is 0 Å². The maximum atomic E-state index is 13.0. The molecule has 1 N–H and O–H groups in total. The van der Waals surface area contributed by atoms with Gasteiger partial charge in [0, 0.05) is 32.2 Å². The summed E-state index contributed by atoms with van der Waals surface area (Å²) < 4.78 is 13.0. The number of benzene rings is 1. The summed E-state index contributed by atoms with van der Waals surface area (Å²) in [5.74, 6) is 0.326. The van der Waals surface area contributed by atoms with Gasteiger partial charge < -0.3 is 15.1 Å². The van der Waals surface area contributed by atoms with E-state index in [0.717, 1.165) is 18.4 Å². The molecule has 1 saturated heterocycles. The van der Waals surface area contributed by atoms with E-state index in [1.54, 1.807) is 17.0 Å². The first kappa shape index (κ1) is 19.0. The average Bonchev–Trinajstić information content (AvgIpc) is 3.53. The zero-order valence-electron chi connectivity index (χ0n) is 15.8. The van der Waals surface area contributed by atoms with Gasteiger partial charge in [0.1, 0.15) is 12.0 Å². The molecule has 152 valence electrons. The van der Waals surface area contributed by atoms with E-state index in [9.17, 15) is 19.3 Å². The van der Waals surface area contributed by atoms with Crippen LogP contribution in [0.3, 0.4) is 0 Å². The number of hydrogen-bond acceptors (Lipinski definition) is 7. The molecule has 2 fully saturated rings. The second-order valence-electron chi connectivity index (χ2n) is 7.25. The van der Waals surface area contributed by atoms with Crippen LogP contribution in [0.2, 0.25) is 0 Å². The van der Waals surface area contributed by atoms with Gasteiger partial charge in [0.15, 0.2) is 0 Å². The van der Waals surface area contributed by atoms with Crippen LogP contribution in [0.5, 0.6) is 0 Å². The Kier molecular flexibility index (Phi) is 5.24. The fourth-order valence-corrected chi connectivity index (χ4v) is 3.22. The molecule has 10 heteroatoms. The molecule has 2 heterocycles. The molecule has 9 nitrogen and oxygen atoms in total. The van der Waals surface area contributed by atoms with E-state index in [-0.39, 0.29) is 35.7 Å². The quantitative estimate of drug-likeness (QED) is 0.584. The van der Waals surface area contributed by atoms with Crippen LogP contribution in [0.1, 0.15) is 18.4 Å². The SMILES string of the molecule is O=C(Cc1ccc(F)cc1)N1CCN(c2ncc([N+](=O)[O-])c(NC3CC3)n2)CC1. The highest BCUT2D eigenvalue weighted by Crippen LogP contribution is 2.30. The Morgan fingerprint density at radius 2 is 1.90 bits per heavy atom. The number of anilines is 2. The molecule has 0 radical (unpaired) electrons. The standard InChI is InChI=1S/C19H21FN6O3/c20-14-3-1-13(2-4-14)11-17(27)24-7-9-25(10-8-24)19-21-12-16(26(28)29)18(23-19)22-15-5-6-15/h1-4,12,15H,5-11H2,(H,21,22,23). The molecule has 2 aromatic rings. The summed E-state index contributed by atoms with van der Waals surface area (Å²) in [7, 11) is 0. The second kappa shape index (κ2) is 7.98. The highest BCUT2D eigenvalue weighted by Gasteiger charge is 2.28. The lowest BCUT2D eigenvalue weighted by Crippen LogP contribution is -2.49. The Morgan fingerprint density at radius 1 is 1.21 bits per heavy atom. The molecule has 0 atom stereocenters. The summed E-state index contributed by atoms with van der Waals surface area (Å²) in [6.07, 6.45) is 3.42. The predicted molar refractivity (Wildman–Crippen MR) is 104 cm³/mol. The number of halogens is 1. The molecular weight excluding hydrogens is 379 g/mol. The van der Waals surface area contributed by atoms with Crippen molar-refractivity contribution in [3.05, 3.63) is 52.0 Å². The molecule has 0 spiro atoms. The topological polar surface area (TPSA) is 104 Å². The van der Waals surface area contributed by atoms with Gasteiger partial charge >= 0.3 is 5.69 Å². The van der Waals surface area contributed by atoms with Gasteiger partial charge in [0.05, 0.1) is 11.3 Å². The summed E-state index contributed by atoms with van der Waals surface area (Å²) >= 11 is 0. The van der Waals surface area contributed by atoms with Crippen LogP contribution in [-0.4, -0.2) is 57.9 Å². The first-order chi connectivity index (χ1) is 14.0. The minimum Gasteiger partial charge on any atom is -0.361 e. The fraction of sp³-hybridized carbons (Fsp3) is 0.421. The van der Waals surface area contributed by atoms with Crippen LogP contribution in [-0.2, 0) is 11.2 Å². The third-order valence-electron chi connectivity index (χ3n) is 5.06. The van der Waals surface area contributed by atoms with Gasteiger partial charge in [-0.3, -0.25) is 14.9 Å². The lowest BCUT2D eigenvalue weighted by molar-refractivity contribution is -0.384. The van der Waals surface area contributed by atoms with Gasteiger partial charge in [-0.15, -0.1) is 0 Å². The number of nitrogens with one attached hydrogen (secondary N) is 1. The summed E-state index contributed by atoms with van der Waals surface area (Å²) in [6.45, 7) is 2.09. The molecule has 0 unspecified atom stereocenters. The molecule has 1 aromatic heterocycles. The largest absolute Gasteiger partial charge is 0.361 e. The van der Waals surface area contributed by atoms with E-state index in [2.05, 4.69) is 15.3 Å². The summed E-state index contributed by atoms with van der Waals surface area (Å²) in [5, 5.41) is 14.3. The van der Waals surface area contributed by atoms with Crippen molar-refractivity contribution < 1.29 is 14.1 Å². The Morgan fingerprint density at radius 3 is 2.52 bits per heavy atom. The van der Waals surface area contributed by atoms with Crippen molar-refractivity contribution in [2.75, 3.05) is 36.4 Å². The van der Waals surface area contributed by atoms with Crippen molar-refractivity contribution in [1.82, 2.24) is 14.9 Å². The Bertz CT molecular complexity index is 911. The number of carbonyl (C=O) groups excluding carboxylic acids is 1. The van der Waals surface area contributed by atoms with Gasteiger partial charge in [-0.2, -0.15) is 4.98 Å². The lowest BCUT2D eigenvalue weighted by atomic mass is 10.1. The maximum absolute atomic E-state index is 13.0. The molecule has 1 aliphatic heterocycles. The van der Waals surface area contributed by atoms with Crippen LogP contribution < -0.4 is 10.2 Å². The van der Waals surface area contributed by atoms with Crippen molar-refractivity contribution in [3.63, 3.8) is 0 Å². The van der Waals surface area contributed by atoms with Gasteiger partial charge in [-0.25, -0.2) is 9.37 Å². The van der Waals surface area contributed by atoms with Crippen LogP contribution >= 0.6 is 0 Å².